The Hall–Kier alpha value is -1.59. The molecule has 112 valence electrons. The van der Waals surface area contributed by atoms with Gasteiger partial charge < -0.3 is 15.0 Å². The van der Waals surface area contributed by atoms with Crippen molar-refractivity contribution in [3.8, 4) is 6.01 Å². The molecule has 1 aliphatic carbocycles. The molecule has 1 saturated carbocycles. The number of aromatic nitrogens is 3. The predicted octanol–water partition coefficient (Wildman–Crippen LogP) is 2.33. The lowest BCUT2D eigenvalue weighted by molar-refractivity contribution is 0.222. The van der Waals surface area contributed by atoms with Gasteiger partial charge in [-0.3, -0.25) is 0 Å². The molecule has 1 N–H and O–H groups in total. The first-order chi connectivity index (χ1) is 9.49. The van der Waals surface area contributed by atoms with Gasteiger partial charge in [0.25, 0.3) is 0 Å². The van der Waals surface area contributed by atoms with E-state index < -0.39 is 0 Å². The van der Waals surface area contributed by atoms with Crippen LogP contribution in [0.2, 0.25) is 0 Å². The van der Waals surface area contributed by atoms with Crippen LogP contribution in [0.15, 0.2) is 0 Å². The lowest BCUT2D eigenvalue weighted by atomic mass is 10.3. The minimum absolute atomic E-state index is 0.0471. The van der Waals surface area contributed by atoms with Gasteiger partial charge in [-0.1, -0.05) is 0 Å². The Morgan fingerprint density at radius 2 is 1.90 bits per heavy atom. The third-order valence-electron chi connectivity index (χ3n) is 3.20. The van der Waals surface area contributed by atoms with Crippen LogP contribution in [0.3, 0.4) is 0 Å². The molecule has 1 heterocycles. The van der Waals surface area contributed by atoms with Crippen molar-refractivity contribution >= 4 is 11.9 Å². The molecular weight excluding hydrogens is 254 g/mol. The molecule has 1 fully saturated rings. The van der Waals surface area contributed by atoms with Gasteiger partial charge in [0.2, 0.25) is 11.9 Å². The van der Waals surface area contributed by atoms with E-state index in [1.807, 2.05) is 13.8 Å². The first-order valence-electron chi connectivity index (χ1n) is 7.36. The van der Waals surface area contributed by atoms with Crippen LogP contribution in [0, 0.1) is 5.92 Å². The van der Waals surface area contributed by atoms with Crippen LogP contribution in [0.5, 0.6) is 6.01 Å². The molecule has 0 unspecified atom stereocenters. The van der Waals surface area contributed by atoms with E-state index in [0.29, 0.717) is 23.9 Å². The lowest BCUT2D eigenvalue weighted by Gasteiger charge is -2.27. The minimum Gasteiger partial charge on any atom is -0.461 e. The molecule has 20 heavy (non-hydrogen) atoms. The van der Waals surface area contributed by atoms with Crippen molar-refractivity contribution in [3.05, 3.63) is 0 Å². The summed E-state index contributed by atoms with van der Waals surface area (Å²) >= 11 is 0. The summed E-state index contributed by atoms with van der Waals surface area (Å²) in [6.07, 6.45) is 2.66. The summed E-state index contributed by atoms with van der Waals surface area (Å²) in [4.78, 5) is 15.4. The second-order valence-electron chi connectivity index (χ2n) is 5.85. The van der Waals surface area contributed by atoms with Gasteiger partial charge in [0, 0.05) is 19.6 Å². The number of hydrogen-bond acceptors (Lipinski definition) is 6. The minimum atomic E-state index is 0.0471. The maximum atomic E-state index is 5.62. The van der Waals surface area contributed by atoms with Gasteiger partial charge >= 0.3 is 6.01 Å². The second kappa shape index (κ2) is 6.24. The Balaban J connectivity index is 2.26. The predicted molar refractivity (Wildman–Crippen MR) is 80.3 cm³/mol. The average Bonchev–Trinajstić information content (AvgIpc) is 3.18. The zero-order chi connectivity index (χ0) is 14.7. The Morgan fingerprint density at radius 3 is 2.40 bits per heavy atom. The summed E-state index contributed by atoms with van der Waals surface area (Å²) in [7, 11) is 1.80. The Labute approximate surface area is 121 Å². The third-order valence-corrected chi connectivity index (χ3v) is 3.20. The largest absolute Gasteiger partial charge is 0.461 e. The van der Waals surface area contributed by atoms with E-state index in [2.05, 4.69) is 39.0 Å². The van der Waals surface area contributed by atoms with Gasteiger partial charge in [-0.15, -0.1) is 0 Å². The quantitative estimate of drug-likeness (QED) is 0.826. The van der Waals surface area contributed by atoms with Gasteiger partial charge in [0.1, 0.15) is 0 Å². The van der Waals surface area contributed by atoms with E-state index in [-0.39, 0.29) is 6.10 Å². The van der Waals surface area contributed by atoms with Gasteiger partial charge in [-0.05, 0) is 46.5 Å². The van der Waals surface area contributed by atoms with Crippen LogP contribution < -0.4 is 15.0 Å². The van der Waals surface area contributed by atoms with Gasteiger partial charge in [0.05, 0.1) is 6.10 Å². The smallest absolute Gasteiger partial charge is 0.323 e. The molecule has 2 rings (SSSR count). The first-order valence-corrected chi connectivity index (χ1v) is 7.36. The number of ether oxygens (including phenoxy) is 1. The molecule has 1 aliphatic rings. The SMILES string of the molecule is CNc1nc(OC(C)C)nc(N(CC2CC2)C(C)C)n1. The number of nitrogens with one attached hydrogen (secondary N) is 1. The Bertz CT molecular complexity index is 445. The van der Waals surface area contributed by atoms with Crippen molar-refractivity contribution in [2.45, 2.75) is 52.7 Å². The average molecular weight is 279 g/mol. The lowest BCUT2D eigenvalue weighted by Crippen LogP contribution is -2.34. The van der Waals surface area contributed by atoms with Crippen molar-refractivity contribution in [2.24, 2.45) is 5.92 Å². The van der Waals surface area contributed by atoms with Crippen LogP contribution in [0.1, 0.15) is 40.5 Å². The molecule has 1 aromatic rings. The van der Waals surface area contributed by atoms with Crippen LogP contribution in [0.25, 0.3) is 0 Å². The van der Waals surface area contributed by atoms with Crippen molar-refractivity contribution < 1.29 is 4.74 Å². The normalized spacial score (nSPS) is 14.8. The maximum Gasteiger partial charge on any atom is 0.323 e. The highest BCUT2D eigenvalue weighted by Gasteiger charge is 2.27. The maximum absolute atomic E-state index is 5.62. The van der Waals surface area contributed by atoms with Crippen molar-refractivity contribution in [3.63, 3.8) is 0 Å². The summed E-state index contributed by atoms with van der Waals surface area (Å²) in [6.45, 7) is 9.26. The number of hydrogen-bond donors (Lipinski definition) is 1. The van der Waals surface area contributed by atoms with Crippen LogP contribution in [0.4, 0.5) is 11.9 Å². The topological polar surface area (TPSA) is 63.2 Å². The zero-order valence-corrected chi connectivity index (χ0v) is 13.1. The van der Waals surface area contributed by atoms with Crippen LogP contribution in [-0.4, -0.2) is 40.7 Å². The Morgan fingerprint density at radius 1 is 1.20 bits per heavy atom. The van der Waals surface area contributed by atoms with E-state index in [1.165, 1.54) is 12.8 Å². The summed E-state index contributed by atoms with van der Waals surface area (Å²) in [6, 6.07) is 0.741. The van der Waals surface area contributed by atoms with E-state index in [9.17, 15) is 0 Å². The molecule has 0 amide bonds. The van der Waals surface area contributed by atoms with E-state index in [0.717, 1.165) is 12.5 Å². The number of rotatable bonds is 7. The molecule has 0 atom stereocenters. The van der Waals surface area contributed by atoms with Gasteiger partial charge in [0.15, 0.2) is 0 Å². The molecule has 1 aromatic heterocycles. The fourth-order valence-electron chi connectivity index (χ4n) is 1.95. The third kappa shape index (κ3) is 3.95. The second-order valence-corrected chi connectivity index (χ2v) is 5.85. The molecule has 0 bridgehead atoms. The summed E-state index contributed by atoms with van der Waals surface area (Å²) in [5.74, 6) is 2.02. The number of nitrogens with zero attached hydrogens (tertiary/aromatic N) is 4. The summed E-state index contributed by atoms with van der Waals surface area (Å²) in [5.41, 5.74) is 0. The van der Waals surface area contributed by atoms with E-state index >= 15 is 0 Å². The molecule has 0 saturated heterocycles. The monoisotopic (exact) mass is 279 g/mol. The highest BCUT2D eigenvalue weighted by molar-refractivity contribution is 5.39. The fraction of sp³-hybridized carbons (Fsp3) is 0.786. The van der Waals surface area contributed by atoms with E-state index in [1.54, 1.807) is 7.05 Å². The Kier molecular flexibility index (Phi) is 4.62. The molecular formula is C14H25N5O. The molecule has 0 spiro atoms. The first kappa shape index (κ1) is 14.8. The fourth-order valence-corrected chi connectivity index (χ4v) is 1.95. The highest BCUT2D eigenvalue weighted by atomic mass is 16.5. The van der Waals surface area contributed by atoms with Crippen molar-refractivity contribution in [2.75, 3.05) is 23.8 Å². The standard InChI is InChI=1S/C14H25N5O/c1-9(2)19(8-11-6-7-11)13-16-12(15-5)17-14(18-13)20-10(3)4/h9-11H,6-8H2,1-5H3,(H,15,16,17,18). The van der Waals surface area contributed by atoms with Crippen LogP contribution >= 0.6 is 0 Å². The van der Waals surface area contributed by atoms with Gasteiger partial charge in [-0.2, -0.15) is 15.0 Å². The summed E-state index contributed by atoms with van der Waals surface area (Å²) in [5, 5.41) is 2.97. The molecule has 0 aliphatic heterocycles. The van der Waals surface area contributed by atoms with E-state index in [4.69, 9.17) is 4.74 Å². The zero-order valence-electron chi connectivity index (χ0n) is 13.1. The van der Waals surface area contributed by atoms with Gasteiger partial charge in [-0.25, -0.2) is 0 Å². The van der Waals surface area contributed by atoms with Crippen molar-refractivity contribution in [1.82, 2.24) is 15.0 Å². The molecule has 0 radical (unpaired) electrons. The highest BCUT2D eigenvalue weighted by Crippen LogP contribution is 2.31. The van der Waals surface area contributed by atoms with Crippen LogP contribution in [-0.2, 0) is 0 Å². The molecule has 0 aromatic carbocycles. The number of anilines is 2. The van der Waals surface area contributed by atoms with Crippen molar-refractivity contribution in [1.29, 1.82) is 0 Å². The molecule has 6 heteroatoms. The molecule has 6 nitrogen and oxygen atoms in total. The summed E-state index contributed by atoms with van der Waals surface area (Å²) < 4.78 is 5.62.